The number of hydrogen-bond donors (Lipinski definition) is 1. The average Bonchev–Trinajstić information content (AvgIpc) is 3.08. The fraction of sp³-hybridized carbons (Fsp3) is 0.360. The zero-order chi connectivity index (χ0) is 25.7. The molecule has 1 atom stereocenters. The molecule has 10 nitrogen and oxygen atoms in total. The third-order valence-electron chi connectivity index (χ3n) is 5.37. The molecule has 0 aliphatic carbocycles. The molecule has 1 saturated heterocycles. The van der Waals surface area contributed by atoms with Crippen molar-refractivity contribution < 1.29 is 33.8 Å². The van der Waals surface area contributed by atoms with E-state index in [1.54, 1.807) is 18.2 Å². The summed E-state index contributed by atoms with van der Waals surface area (Å²) >= 11 is 0. The normalized spacial score (nSPS) is 17.2. The minimum Gasteiger partial charge on any atom is -0.507 e. The molecule has 3 rings (SSSR count). The number of methoxy groups -OCH3 is 1. The molecule has 1 fully saturated rings. The highest BCUT2D eigenvalue weighted by Crippen LogP contribution is 2.42. The molecule has 1 heterocycles. The van der Waals surface area contributed by atoms with Crippen molar-refractivity contribution in [3.63, 3.8) is 0 Å². The number of aliphatic hydroxyl groups excluding tert-OH is 1. The lowest BCUT2D eigenvalue weighted by atomic mass is 9.95. The molecular formula is C25H28N2O8. The van der Waals surface area contributed by atoms with E-state index in [1.165, 1.54) is 36.3 Å². The highest BCUT2D eigenvalue weighted by Gasteiger charge is 2.46. The minimum absolute atomic E-state index is 0.102. The Morgan fingerprint density at radius 1 is 1.14 bits per heavy atom. The summed E-state index contributed by atoms with van der Waals surface area (Å²) < 4.78 is 16.7. The molecule has 1 unspecified atom stereocenters. The van der Waals surface area contributed by atoms with Crippen molar-refractivity contribution in [2.45, 2.75) is 32.9 Å². The molecule has 2 aromatic rings. The Hall–Kier alpha value is -3.92. The zero-order valence-electron chi connectivity index (χ0n) is 20.0. The molecule has 10 heteroatoms. The number of carbonyl (C=O) groups excluding carboxylic acids is 2. The molecule has 1 amide bonds. The summed E-state index contributed by atoms with van der Waals surface area (Å²) in [5, 5.41) is 22.1. The van der Waals surface area contributed by atoms with Gasteiger partial charge in [0.2, 0.25) is 0 Å². The van der Waals surface area contributed by atoms with E-state index in [9.17, 15) is 24.8 Å². The fourth-order valence-electron chi connectivity index (χ4n) is 3.86. The second kappa shape index (κ2) is 11.0. The van der Waals surface area contributed by atoms with E-state index >= 15 is 0 Å². The summed E-state index contributed by atoms with van der Waals surface area (Å²) in [5.74, 6) is -1.12. The van der Waals surface area contributed by atoms with Crippen LogP contribution in [0.15, 0.2) is 48.0 Å². The van der Waals surface area contributed by atoms with Crippen molar-refractivity contribution >= 4 is 23.1 Å². The number of ketones is 1. The van der Waals surface area contributed by atoms with E-state index in [2.05, 4.69) is 0 Å². The molecule has 0 bridgehead atoms. The number of rotatable bonds is 10. The van der Waals surface area contributed by atoms with Crippen LogP contribution in [-0.4, -0.2) is 59.6 Å². The lowest BCUT2D eigenvalue weighted by Gasteiger charge is -2.26. The number of nitro groups is 1. The van der Waals surface area contributed by atoms with E-state index in [0.29, 0.717) is 23.7 Å². The van der Waals surface area contributed by atoms with Crippen LogP contribution in [0, 0.1) is 10.1 Å². The number of nitro benzene ring substituents is 1. The van der Waals surface area contributed by atoms with Gasteiger partial charge in [-0.1, -0.05) is 6.07 Å². The number of Topliss-reactive ketones (excluding diaryl/α,β-unsaturated/α-hetero) is 1. The maximum Gasteiger partial charge on any atom is 0.295 e. The van der Waals surface area contributed by atoms with E-state index in [4.69, 9.17) is 14.2 Å². The summed E-state index contributed by atoms with van der Waals surface area (Å²) in [7, 11) is 1.48. The number of carbonyl (C=O) groups is 2. The molecule has 1 aliphatic rings. The number of likely N-dealkylation sites (tertiary alicyclic amines) is 1. The van der Waals surface area contributed by atoms with Crippen molar-refractivity contribution in [1.29, 1.82) is 0 Å². The molecule has 1 aliphatic heterocycles. The van der Waals surface area contributed by atoms with Crippen LogP contribution in [0.3, 0.4) is 0 Å². The second-order valence-corrected chi connectivity index (χ2v) is 8.10. The first-order chi connectivity index (χ1) is 16.7. The summed E-state index contributed by atoms with van der Waals surface area (Å²) in [6.45, 7) is 6.24. The Kier molecular flexibility index (Phi) is 8.08. The number of hydrogen-bond acceptors (Lipinski definition) is 8. The predicted octanol–water partition coefficient (Wildman–Crippen LogP) is 3.85. The van der Waals surface area contributed by atoms with Gasteiger partial charge in [0, 0.05) is 31.4 Å². The van der Waals surface area contributed by atoms with Crippen LogP contribution in [0.25, 0.3) is 5.76 Å². The SMILES string of the molecule is CCOc1cc(C2/C(=C(/O)c3ccc([N+](=O)[O-])cc3)C(=O)C(=O)N2CCOC)ccc1OC(C)C. The van der Waals surface area contributed by atoms with Crippen molar-refractivity contribution in [2.75, 3.05) is 26.9 Å². The first kappa shape index (κ1) is 25.7. The number of non-ortho nitro benzene ring substituents is 1. The quantitative estimate of drug-likeness (QED) is 0.177. The second-order valence-electron chi connectivity index (χ2n) is 8.10. The van der Waals surface area contributed by atoms with E-state index in [1.807, 2.05) is 20.8 Å². The molecule has 186 valence electrons. The van der Waals surface area contributed by atoms with Gasteiger partial charge >= 0.3 is 0 Å². The van der Waals surface area contributed by atoms with Crippen molar-refractivity contribution in [3.8, 4) is 11.5 Å². The summed E-state index contributed by atoms with van der Waals surface area (Å²) in [6.07, 6.45) is -0.102. The molecule has 0 spiro atoms. The van der Waals surface area contributed by atoms with Crippen LogP contribution in [0.1, 0.15) is 37.9 Å². The van der Waals surface area contributed by atoms with Gasteiger partial charge in [-0.25, -0.2) is 0 Å². The van der Waals surface area contributed by atoms with Gasteiger partial charge in [-0.15, -0.1) is 0 Å². The van der Waals surface area contributed by atoms with E-state index in [-0.39, 0.29) is 36.1 Å². The Morgan fingerprint density at radius 3 is 2.40 bits per heavy atom. The maximum atomic E-state index is 13.1. The smallest absolute Gasteiger partial charge is 0.295 e. The number of nitrogens with zero attached hydrogens (tertiary/aromatic N) is 2. The Morgan fingerprint density at radius 2 is 1.83 bits per heavy atom. The van der Waals surface area contributed by atoms with Crippen LogP contribution < -0.4 is 9.47 Å². The van der Waals surface area contributed by atoms with Crippen molar-refractivity contribution in [1.82, 2.24) is 4.90 Å². The lowest BCUT2D eigenvalue weighted by molar-refractivity contribution is -0.384. The van der Waals surface area contributed by atoms with Gasteiger partial charge in [-0.3, -0.25) is 19.7 Å². The number of aliphatic hydroxyl groups is 1. The van der Waals surface area contributed by atoms with Gasteiger partial charge in [0.1, 0.15) is 5.76 Å². The molecule has 0 saturated carbocycles. The van der Waals surface area contributed by atoms with Crippen molar-refractivity contribution in [3.05, 3.63) is 69.3 Å². The predicted molar refractivity (Wildman–Crippen MR) is 127 cm³/mol. The van der Waals surface area contributed by atoms with E-state index in [0.717, 1.165) is 0 Å². The van der Waals surface area contributed by atoms with Gasteiger partial charge in [-0.05, 0) is 50.6 Å². The van der Waals surface area contributed by atoms with Crippen LogP contribution in [0.2, 0.25) is 0 Å². The van der Waals surface area contributed by atoms with Gasteiger partial charge in [-0.2, -0.15) is 0 Å². The molecule has 0 radical (unpaired) electrons. The van der Waals surface area contributed by atoms with E-state index < -0.39 is 28.4 Å². The minimum atomic E-state index is -0.923. The third-order valence-corrected chi connectivity index (χ3v) is 5.37. The molecule has 1 N–H and O–H groups in total. The highest BCUT2D eigenvalue weighted by atomic mass is 16.6. The van der Waals surface area contributed by atoms with Crippen molar-refractivity contribution in [2.24, 2.45) is 0 Å². The van der Waals surface area contributed by atoms with Crippen LogP contribution >= 0.6 is 0 Å². The number of amides is 1. The Labute approximate surface area is 202 Å². The topological polar surface area (TPSA) is 128 Å². The zero-order valence-corrected chi connectivity index (χ0v) is 20.0. The summed E-state index contributed by atoms with van der Waals surface area (Å²) in [5.41, 5.74) is 0.416. The average molecular weight is 485 g/mol. The number of benzene rings is 2. The van der Waals surface area contributed by atoms with Gasteiger partial charge < -0.3 is 24.2 Å². The highest BCUT2D eigenvalue weighted by molar-refractivity contribution is 6.46. The Bertz CT molecular complexity index is 1140. The van der Waals surface area contributed by atoms with Gasteiger partial charge in [0.25, 0.3) is 17.4 Å². The maximum absolute atomic E-state index is 13.1. The van der Waals surface area contributed by atoms with Crippen LogP contribution in [0.5, 0.6) is 11.5 Å². The largest absolute Gasteiger partial charge is 0.507 e. The molecule has 35 heavy (non-hydrogen) atoms. The number of ether oxygens (including phenoxy) is 3. The monoisotopic (exact) mass is 484 g/mol. The molecule has 2 aromatic carbocycles. The summed E-state index contributed by atoms with van der Waals surface area (Å²) in [6, 6.07) is 9.26. The van der Waals surface area contributed by atoms with Gasteiger partial charge in [0.15, 0.2) is 11.5 Å². The molecule has 0 aromatic heterocycles. The molecular weight excluding hydrogens is 456 g/mol. The Balaban J connectivity index is 2.16. The van der Waals surface area contributed by atoms with Crippen LogP contribution in [0.4, 0.5) is 5.69 Å². The third kappa shape index (κ3) is 5.43. The summed E-state index contributed by atoms with van der Waals surface area (Å²) in [4.78, 5) is 37.7. The first-order valence-electron chi connectivity index (χ1n) is 11.1. The van der Waals surface area contributed by atoms with Crippen LogP contribution in [-0.2, 0) is 14.3 Å². The fourth-order valence-corrected chi connectivity index (χ4v) is 3.86. The lowest BCUT2D eigenvalue weighted by Crippen LogP contribution is -2.32. The van der Waals surface area contributed by atoms with Gasteiger partial charge in [0.05, 0.1) is 35.9 Å². The standard InChI is InChI=1S/C25H28N2O8/c1-5-34-20-14-17(8-11-19(20)35-15(2)3)22-21(24(29)25(30)26(22)12-13-33-4)23(28)16-6-9-18(10-7-16)27(31)32/h6-11,14-15,22,28H,5,12-13H2,1-4H3/b23-21-. The first-order valence-corrected chi connectivity index (χ1v) is 11.1.